The molecule has 0 aliphatic carbocycles. The second kappa shape index (κ2) is 11.7. The van der Waals surface area contributed by atoms with E-state index in [1.54, 1.807) is 33.5 Å². The Hall–Kier alpha value is -4.86. The Morgan fingerprint density at radius 3 is 2.11 bits per heavy atom. The summed E-state index contributed by atoms with van der Waals surface area (Å²) in [6, 6.07) is 21.1. The van der Waals surface area contributed by atoms with Crippen LogP contribution in [-0.4, -0.2) is 46.2 Å². The first-order valence-corrected chi connectivity index (χ1v) is 11.8. The fourth-order valence-electron chi connectivity index (χ4n) is 3.69. The average molecular weight is 500 g/mol. The fourth-order valence-corrected chi connectivity index (χ4v) is 3.69. The number of methoxy groups -OCH3 is 3. The second-order valence-electron chi connectivity index (χ2n) is 7.40. The van der Waals surface area contributed by atoms with Gasteiger partial charge in [-0.1, -0.05) is 44.2 Å². The second-order valence-corrected chi connectivity index (χ2v) is 7.40. The molecule has 0 saturated carbocycles. The molecule has 37 heavy (non-hydrogen) atoms. The Bertz CT molecular complexity index is 1400. The van der Waals surface area contributed by atoms with Gasteiger partial charge in [0, 0.05) is 17.8 Å². The number of aromatic amines is 1. The van der Waals surface area contributed by atoms with E-state index < -0.39 is 0 Å². The molecule has 5 rings (SSSR count). The lowest BCUT2D eigenvalue weighted by atomic mass is 10.2. The van der Waals surface area contributed by atoms with Gasteiger partial charge in [-0.2, -0.15) is 4.98 Å². The van der Waals surface area contributed by atoms with Gasteiger partial charge in [-0.05, 0) is 24.3 Å². The van der Waals surface area contributed by atoms with Crippen LogP contribution in [0.2, 0.25) is 0 Å². The van der Waals surface area contributed by atoms with Crippen molar-refractivity contribution < 1.29 is 14.2 Å². The highest BCUT2D eigenvalue weighted by Crippen LogP contribution is 2.40. The van der Waals surface area contributed by atoms with Gasteiger partial charge < -0.3 is 24.5 Å². The van der Waals surface area contributed by atoms with Crippen molar-refractivity contribution in [3.8, 4) is 17.2 Å². The minimum Gasteiger partial charge on any atom is -0.493 e. The van der Waals surface area contributed by atoms with Gasteiger partial charge in [0.2, 0.25) is 23.6 Å². The zero-order valence-corrected chi connectivity index (χ0v) is 21.4. The summed E-state index contributed by atoms with van der Waals surface area (Å²) in [5.41, 5.74) is 3.25. The van der Waals surface area contributed by atoms with Crippen molar-refractivity contribution >= 4 is 40.3 Å². The molecule has 3 aromatic carbocycles. The number of hydrogen-bond donors (Lipinski definition) is 2. The van der Waals surface area contributed by atoms with Crippen LogP contribution in [0.5, 0.6) is 17.2 Å². The molecule has 0 spiro atoms. The van der Waals surface area contributed by atoms with Crippen LogP contribution in [0.25, 0.3) is 11.0 Å². The molecular weight excluding hydrogens is 470 g/mol. The topological polar surface area (TPSA) is 110 Å². The van der Waals surface area contributed by atoms with E-state index in [1.165, 1.54) is 6.33 Å². The van der Waals surface area contributed by atoms with E-state index in [0.717, 1.165) is 16.7 Å². The number of para-hydroxylation sites is 3. The highest BCUT2D eigenvalue weighted by Gasteiger charge is 2.20. The van der Waals surface area contributed by atoms with Crippen molar-refractivity contribution in [3.05, 3.63) is 73.1 Å². The Kier molecular flexibility index (Phi) is 7.99. The Morgan fingerprint density at radius 1 is 0.784 bits per heavy atom. The van der Waals surface area contributed by atoms with E-state index in [4.69, 9.17) is 19.2 Å². The van der Waals surface area contributed by atoms with E-state index in [9.17, 15) is 0 Å². The first-order chi connectivity index (χ1) is 18.2. The van der Waals surface area contributed by atoms with Gasteiger partial charge in [-0.3, -0.25) is 0 Å². The van der Waals surface area contributed by atoms with Gasteiger partial charge in [0.25, 0.3) is 0 Å². The van der Waals surface area contributed by atoms with Gasteiger partial charge in [0.05, 0.1) is 38.1 Å². The Balaban J connectivity index is 0.00000156. The molecule has 0 fully saturated rings. The summed E-state index contributed by atoms with van der Waals surface area (Å²) in [6.45, 7) is 4.00. The number of hydrogen-bond acceptors (Lipinski definition) is 9. The molecule has 10 nitrogen and oxygen atoms in total. The molecule has 2 N–H and O–H groups in total. The molecule has 5 aromatic rings. The predicted molar refractivity (Wildman–Crippen MR) is 145 cm³/mol. The molecule has 0 aliphatic rings. The average Bonchev–Trinajstić information content (AvgIpc) is 3.38. The third-order valence-electron chi connectivity index (χ3n) is 5.28. The van der Waals surface area contributed by atoms with Crippen LogP contribution in [0, 0.1) is 0 Å². The van der Waals surface area contributed by atoms with E-state index in [1.807, 2.05) is 73.3 Å². The van der Waals surface area contributed by atoms with E-state index in [-0.39, 0.29) is 0 Å². The predicted octanol–water partition coefficient (Wildman–Crippen LogP) is 6.01. The van der Waals surface area contributed by atoms with Crippen molar-refractivity contribution in [2.75, 3.05) is 31.5 Å². The van der Waals surface area contributed by atoms with Crippen LogP contribution in [-0.2, 0) is 0 Å². The number of ether oxygens (including phenoxy) is 3. The molecule has 0 radical (unpaired) electrons. The largest absolute Gasteiger partial charge is 0.493 e. The lowest BCUT2D eigenvalue weighted by Crippen LogP contribution is -2.15. The first kappa shape index (κ1) is 25.2. The number of anilines is 5. The number of nitrogens with zero attached hydrogens (tertiary/aromatic N) is 5. The van der Waals surface area contributed by atoms with Gasteiger partial charge in [-0.15, -0.1) is 0 Å². The first-order valence-electron chi connectivity index (χ1n) is 11.8. The smallest absolute Gasteiger partial charge is 0.241 e. The minimum absolute atomic E-state index is 0.335. The quantitative estimate of drug-likeness (QED) is 0.265. The van der Waals surface area contributed by atoms with Gasteiger partial charge in [0.15, 0.2) is 11.5 Å². The van der Waals surface area contributed by atoms with E-state index in [2.05, 4.69) is 25.3 Å². The zero-order chi connectivity index (χ0) is 26.2. The minimum atomic E-state index is 0.335. The molecular formula is C27H29N7O3. The summed E-state index contributed by atoms with van der Waals surface area (Å²) in [5.74, 6) is 2.83. The summed E-state index contributed by atoms with van der Waals surface area (Å²) in [6.07, 6.45) is 1.45. The third-order valence-corrected chi connectivity index (χ3v) is 5.28. The Labute approximate surface area is 215 Å². The molecule has 0 saturated heterocycles. The summed E-state index contributed by atoms with van der Waals surface area (Å²) in [5, 5.41) is 3.19. The molecule has 190 valence electrons. The number of rotatable bonds is 8. The number of nitrogens with one attached hydrogen (secondary N) is 2. The molecule has 0 atom stereocenters. The van der Waals surface area contributed by atoms with Crippen LogP contribution in [0.15, 0.2) is 73.1 Å². The van der Waals surface area contributed by atoms with Crippen molar-refractivity contribution in [1.29, 1.82) is 0 Å². The van der Waals surface area contributed by atoms with Crippen molar-refractivity contribution in [2.24, 2.45) is 0 Å². The summed E-state index contributed by atoms with van der Waals surface area (Å²) >= 11 is 0. The SMILES string of the molecule is CC.COc1cc(Nc2ncnc(N(c3ccccc3)c3nc4ccccc4[nH]3)n2)cc(OC)c1OC. The molecule has 2 heterocycles. The van der Waals surface area contributed by atoms with Crippen LogP contribution in [0.4, 0.5) is 29.2 Å². The molecule has 0 bridgehead atoms. The van der Waals surface area contributed by atoms with Crippen LogP contribution < -0.4 is 24.4 Å². The maximum absolute atomic E-state index is 5.44. The van der Waals surface area contributed by atoms with Crippen molar-refractivity contribution in [2.45, 2.75) is 13.8 Å². The standard InChI is InChI=1S/C25H23N7O3.C2H6/c1-33-20-13-16(14-21(34-2)22(20)35-3)28-23-26-15-27-24(31-23)32(17-9-5-4-6-10-17)25-29-18-11-7-8-12-19(18)30-25;1-2/h4-15H,1-3H3,(H,29,30)(H,26,27,28,31);1-2H3. The third kappa shape index (κ3) is 5.37. The van der Waals surface area contributed by atoms with E-state index >= 15 is 0 Å². The molecule has 2 aromatic heterocycles. The van der Waals surface area contributed by atoms with Crippen molar-refractivity contribution in [1.82, 2.24) is 24.9 Å². The normalized spacial score (nSPS) is 10.3. The number of imidazole rings is 1. The number of fused-ring (bicyclic) bond motifs is 1. The maximum Gasteiger partial charge on any atom is 0.241 e. The monoisotopic (exact) mass is 499 g/mol. The summed E-state index contributed by atoms with van der Waals surface area (Å²) in [7, 11) is 4.68. The molecule has 0 unspecified atom stereocenters. The summed E-state index contributed by atoms with van der Waals surface area (Å²) in [4.78, 5) is 23.3. The lowest BCUT2D eigenvalue weighted by molar-refractivity contribution is 0.324. The number of benzene rings is 3. The van der Waals surface area contributed by atoms with Gasteiger partial charge in [-0.25, -0.2) is 19.9 Å². The zero-order valence-electron chi connectivity index (χ0n) is 21.4. The van der Waals surface area contributed by atoms with E-state index in [0.29, 0.717) is 40.8 Å². The number of H-pyrrole nitrogens is 1. The summed E-state index contributed by atoms with van der Waals surface area (Å²) < 4.78 is 16.3. The van der Waals surface area contributed by atoms with Crippen molar-refractivity contribution in [3.63, 3.8) is 0 Å². The fraction of sp³-hybridized carbons (Fsp3) is 0.185. The maximum atomic E-state index is 5.44. The number of aromatic nitrogens is 5. The highest BCUT2D eigenvalue weighted by atomic mass is 16.5. The van der Waals surface area contributed by atoms with Crippen LogP contribution in [0.3, 0.4) is 0 Å². The van der Waals surface area contributed by atoms with Gasteiger partial charge >= 0.3 is 0 Å². The molecule has 10 heteroatoms. The van der Waals surface area contributed by atoms with Crippen LogP contribution in [0.1, 0.15) is 13.8 Å². The lowest BCUT2D eigenvalue weighted by Gasteiger charge is -2.20. The molecule has 0 amide bonds. The molecule has 0 aliphatic heterocycles. The van der Waals surface area contributed by atoms with Crippen LogP contribution >= 0.6 is 0 Å². The van der Waals surface area contributed by atoms with Gasteiger partial charge in [0.1, 0.15) is 6.33 Å². The Morgan fingerprint density at radius 2 is 1.46 bits per heavy atom. The highest BCUT2D eigenvalue weighted by molar-refractivity contribution is 5.81.